The van der Waals surface area contributed by atoms with Crippen LogP contribution in [0.3, 0.4) is 0 Å². The molecule has 8 aliphatic rings. The fraction of sp³-hybridized carbons (Fsp3) is 0.183. The lowest BCUT2D eigenvalue weighted by molar-refractivity contribution is 0.435. The third-order valence-electron chi connectivity index (χ3n) is 24.2. The number of furan rings is 4. The van der Waals surface area contributed by atoms with Gasteiger partial charge in [0, 0.05) is 132 Å². The highest BCUT2D eigenvalue weighted by atomic mass is 16.4. The van der Waals surface area contributed by atoms with E-state index in [1.54, 1.807) is 24.8 Å². The van der Waals surface area contributed by atoms with Crippen molar-refractivity contribution in [3.8, 4) is 0 Å². The quantitative estimate of drug-likeness (QED) is 0.138. The molecule has 0 saturated carbocycles. The van der Waals surface area contributed by atoms with Gasteiger partial charge in [-0.25, -0.2) is 29.9 Å². The molecule has 15 aromatic rings. The Morgan fingerprint density at radius 3 is 0.983 bits per heavy atom. The van der Waals surface area contributed by atoms with E-state index in [0.717, 1.165) is 124 Å². The molecule has 0 fully saturated rings. The smallest absolute Gasteiger partial charge is 0.353 e. The van der Waals surface area contributed by atoms with E-state index >= 15 is 0 Å². The third kappa shape index (κ3) is 11.9. The van der Waals surface area contributed by atoms with Crippen LogP contribution < -0.4 is 62.3 Å². The van der Waals surface area contributed by atoms with E-state index in [1.165, 1.54) is 27.7 Å². The number of allylic oxidation sites excluding steroid dienone is 4. The van der Waals surface area contributed by atoms with Gasteiger partial charge in [0.25, 0.3) is 0 Å². The van der Waals surface area contributed by atoms with E-state index in [-0.39, 0.29) is 52.1 Å². The molecule has 0 unspecified atom stereocenters. The Labute approximate surface area is 697 Å². The molecule has 5 aromatic carbocycles. The molecule has 586 valence electrons. The molecule has 10 aromatic heterocycles. The molecule has 22 nitrogen and oxygen atoms in total. The Bertz CT molecular complexity index is 6200. The first-order valence-electron chi connectivity index (χ1n) is 42.2. The Morgan fingerprint density at radius 1 is 0.286 bits per heavy atom. The van der Waals surface area contributed by atoms with Crippen molar-refractivity contribution in [2.75, 3.05) is 46.6 Å². The second kappa shape index (κ2) is 29.3. The number of rotatable bonds is 7. The number of fused-ring (bicyclic) bond motifs is 16. The molecule has 0 amide bonds. The van der Waals surface area contributed by atoms with E-state index in [4.69, 9.17) is 31.7 Å². The van der Waals surface area contributed by atoms with Gasteiger partial charge in [0.1, 0.15) is 53.0 Å². The van der Waals surface area contributed by atoms with Gasteiger partial charge >= 0.3 is 27.4 Å². The van der Waals surface area contributed by atoms with Crippen LogP contribution in [0.15, 0.2) is 290 Å². The van der Waals surface area contributed by atoms with Crippen molar-refractivity contribution >= 4 is 182 Å². The zero-order valence-corrected chi connectivity index (χ0v) is 68.3. The van der Waals surface area contributed by atoms with Gasteiger partial charge in [-0.15, -0.1) is 0 Å². The number of aromatic nitrogens is 6. The average Bonchev–Trinajstić information content (AvgIpc) is 1.58. The summed E-state index contributed by atoms with van der Waals surface area (Å²) in [6.07, 6.45) is 19.3. The highest BCUT2D eigenvalue weighted by molar-refractivity contribution is 6.72. The van der Waals surface area contributed by atoms with Crippen LogP contribution in [0.1, 0.15) is 81.8 Å². The summed E-state index contributed by atoms with van der Waals surface area (Å²) in [6, 6.07) is 72.0. The minimum absolute atomic E-state index is 0.00206. The molecular formula is C93H88B4N18O4. The summed E-state index contributed by atoms with van der Waals surface area (Å²) in [5.74, 6) is 1.90. The summed E-state index contributed by atoms with van der Waals surface area (Å²) < 4.78 is 49.0. The fourth-order valence-corrected chi connectivity index (χ4v) is 19.1. The van der Waals surface area contributed by atoms with Gasteiger partial charge in [-0.05, 0) is 213 Å². The van der Waals surface area contributed by atoms with E-state index in [9.17, 15) is 0 Å². The van der Waals surface area contributed by atoms with Crippen molar-refractivity contribution < 1.29 is 21.8 Å². The molecule has 18 heterocycles. The second-order valence-electron chi connectivity index (χ2n) is 31.2. The number of pyridine rings is 6. The molecule has 0 saturated heterocycles. The molecule has 4 atom stereocenters. The van der Waals surface area contributed by atoms with E-state index < -0.39 is 6.98 Å². The lowest BCUT2D eigenvalue weighted by atomic mass is 9.58. The van der Waals surface area contributed by atoms with Crippen molar-refractivity contribution in [2.24, 2.45) is 0 Å². The van der Waals surface area contributed by atoms with Crippen LogP contribution in [0, 0.1) is 0 Å². The summed E-state index contributed by atoms with van der Waals surface area (Å²) in [5, 5.41) is 13.2. The first-order valence-corrected chi connectivity index (χ1v) is 40.7. The van der Waals surface area contributed by atoms with Crippen LogP contribution >= 0.6 is 0 Å². The molecule has 0 radical (unpaired) electrons. The lowest BCUT2D eigenvalue weighted by Gasteiger charge is -2.44. The predicted molar refractivity (Wildman–Crippen MR) is 486 cm³/mol. The van der Waals surface area contributed by atoms with Gasteiger partial charge in [-0.1, -0.05) is 106 Å². The molecule has 0 spiro atoms. The zero-order chi connectivity index (χ0) is 83.8. The van der Waals surface area contributed by atoms with Crippen molar-refractivity contribution in [3.63, 3.8) is 0 Å². The monoisotopic (exact) mass is 1570 g/mol. The summed E-state index contributed by atoms with van der Waals surface area (Å²) in [6.45, 7) is 23.5. The summed E-state index contributed by atoms with van der Waals surface area (Å²) in [4.78, 5) is 44.8. The number of benzene rings is 5. The summed E-state index contributed by atoms with van der Waals surface area (Å²) in [7, 11) is 0. The van der Waals surface area contributed by atoms with Crippen molar-refractivity contribution in [2.45, 2.75) is 107 Å². The van der Waals surface area contributed by atoms with Crippen LogP contribution in [-0.4, -0.2) is 109 Å². The third-order valence-corrected chi connectivity index (χ3v) is 24.2. The Kier molecular flexibility index (Phi) is 17.3. The maximum absolute atomic E-state index is 8.06. The molecule has 23 rings (SSSR count). The van der Waals surface area contributed by atoms with E-state index in [2.05, 4.69) is 301 Å². The number of hydrazine groups is 4. The standard InChI is InChI=1S/C25H23BN4O.2C24H22BN5O.C20H21BN4O/c1-17-16-21-20-12-9-15-27-25(20)31-24(21)26(3)30(17)29-18(2)28(19-10-5-4-6-11-19)22-13-7-8-14-23(22)29;1-16-15-20-19-11-7-14-27-24(19)31-22(20)25(3)30(16)29-17(2)28(18-9-5-4-6-10-18)23-21(29)12-8-13-26-23;1-16-15-20-19-11-7-14-27-24(19)31-22(20)25(3)30(16)29-17(2)28(18-9-5-4-6-10-18)21-12-8-13-26-23(21)29;1-13-12-16-15-8-7-11-22-20(15)26-19(16)21(3)25(13)24-14(2)23(4)17-9-5-6-10-18(17)24/h4-16,18H,1-3H3;2*4-15,17H,1-3H3;5-12,14H,1-4H3/t18-;2*17-;14-/m0000/s1/i;;;4D3. The maximum Gasteiger partial charge on any atom is 0.353 e. The van der Waals surface area contributed by atoms with Gasteiger partial charge in [0.2, 0.25) is 22.9 Å². The molecule has 119 heavy (non-hydrogen) atoms. The number of hydrogen-bond donors (Lipinski definition) is 0. The van der Waals surface area contributed by atoms with Crippen molar-refractivity contribution in [3.05, 3.63) is 295 Å². The minimum Gasteiger partial charge on any atom is -0.450 e. The average molecular weight is 1570 g/mol. The molecule has 0 bridgehead atoms. The van der Waals surface area contributed by atoms with Crippen LogP contribution in [0.4, 0.5) is 62.8 Å². The highest BCUT2D eigenvalue weighted by Crippen LogP contribution is 2.50. The molecule has 0 aliphatic carbocycles. The highest BCUT2D eigenvalue weighted by Gasteiger charge is 2.49. The van der Waals surface area contributed by atoms with Gasteiger partial charge < -0.3 is 56.9 Å². The van der Waals surface area contributed by atoms with Gasteiger partial charge in [-0.3, -0.25) is 20.0 Å². The molecule has 0 N–H and O–H groups in total. The zero-order valence-electron chi connectivity index (χ0n) is 71.3. The van der Waals surface area contributed by atoms with E-state index in [1.807, 2.05) is 105 Å². The fourth-order valence-electron chi connectivity index (χ4n) is 19.1. The Morgan fingerprint density at radius 2 is 0.571 bits per heavy atom. The van der Waals surface area contributed by atoms with Crippen LogP contribution in [0.5, 0.6) is 0 Å². The molecule has 26 heteroatoms. The first-order chi connectivity index (χ1) is 59.2. The maximum atomic E-state index is 8.06. The minimum atomic E-state index is -2.24. The summed E-state index contributed by atoms with van der Waals surface area (Å²) in [5.41, 5.74) is 24.9. The SMILES string of the molecule is CB1c2oc3ncccc3c2C=C(C)N1N1c2ccccc2N(c2ccccc2)[C@@H]1C.CB1c2oc3ncccc3c2C=C(C)N1N1c2cccnc2N(c2ccccc2)[C@@H]1C.CB1c2oc3ncccc3c2C=C(C)N1N1c2ncccc2N(c2ccccc2)[C@@H]1C.[2H]C([2H])([2H])N1c2ccccc2N(N2B(C)c3oc4ncccc4c3C=C2C)[C@H]1C. The van der Waals surface area contributed by atoms with Gasteiger partial charge in [-0.2, -0.15) is 0 Å². The van der Waals surface area contributed by atoms with E-state index in [0.29, 0.717) is 28.5 Å². The normalized spacial score (nSPS) is 18.5. The second-order valence-corrected chi connectivity index (χ2v) is 31.2. The number of para-hydroxylation sites is 7. The number of nitrogens with zero attached hydrogens (tertiary/aromatic N) is 18. The van der Waals surface area contributed by atoms with Crippen molar-refractivity contribution in [1.82, 2.24) is 49.6 Å². The largest absolute Gasteiger partial charge is 0.450 e. The molecule has 8 aliphatic heterocycles. The van der Waals surface area contributed by atoms with Gasteiger partial charge in [0.05, 0.1) is 28.4 Å². The summed E-state index contributed by atoms with van der Waals surface area (Å²) >= 11 is 0. The van der Waals surface area contributed by atoms with Crippen LogP contribution in [-0.2, 0) is 0 Å². The van der Waals surface area contributed by atoms with Gasteiger partial charge in [0.15, 0.2) is 11.6 Å². The topological polar surface area (TPSA) is 169 Å². The first kappa shape index (κ1) is 70.4. The van der Waals surface area contributed by atoms with Crippen LogP contribution in [0.25, 0.3) is 68.7 Å². The lowest BCUT2D eigenvalue weighted by Crippen LogP contribution is -2.59. The van der Waals surface area contributed by atoms with Crippen molar-refractivity contribution in [1.29, 1.82) is 0 Å². The number of hydrogen-bond acceptors (Lipinski definition) is 22. The Hall–Kier alpha value is -14.0. The predicted octanol–water partition coefficient (Wildman–Crippen LogP) is 18.1. The number of anilines is 11. The Balaban J connectivity index is 0.000000104. The van der Waals surface area contributed by atoms with Crippen LogP contribution in [0.2, 0.25) is 27.3 Å². The molecular weight excluding hydrogens is 1480 g/mol.